The quantitative estimate of drug-likeness (QED) is 0.420. The maximum Gasteiger partial charge on any atom is 0.191 e. The molecule has 2 rings (SSSR count). The van der Waals surface area contributed by atoms with Gasteiger partial charge in [0, 0.05) is 44.8 Å². The second kappa shape index (κ2) is 11.0. The second-order valence-corrected chi connectivity index (χ2v) is 8.17. The average molecular weight is 352 g/mol. The first-order valence-corrected chi connectivity index (χ1v) is 10.5. The summed E-state index contributed by atoms with van der Waals surface area (Å²) in [6.45, 7) is 9.15. The lowest BCUT2D eigenvalue weighted by atomic mass is 9.94. The van der Waals surface area contributed by atoms with E-state index in [-0.39, 0.29) is 0 Å². The molecule has 5 nitrogen and oxygen atoms in total. The van der Waals surface area contributed by atoms with E-state index in [1.165, 1.54) is 71.0 Å². The molecule has 2 aliphatic rings. The van der Waals surface area contributed by atoms with Crippen molar-refractivity contribution >= 4 is 5.96 Å². The van der Waals surface area contributed by atoms with Crippen LogP contribution in [0.25, 0.3) is 0 Å². The van der Waals surface area contributed by atoms with Gasteiger partial charge in [0.25, 0.3) is 0 Å². The molecule has 2 fully saturated rings. The van der Waals surface area contributed by atoms with E-state index in [2.05, 4.69) is 46.3 Å². The third kappa shape index (κ3) is 7.14. The third-order valence-corrected chi connectivity index (χ3v) is 6.00. The molecule has 0 atom stereocenters. The Kier molecular flexibility index (Phi) is 9.04. The summed E-state index contributed by atoms with van der Waals surface area (Å²) in [7, 11) is 4.18. The molecular formula is C20H41N5. The van der Waals surface area contributed by atoms with E-state index in [9.17, 15) is 0 Å². The van der Waals surface area contributed by atoms with Crippen LogP contribution in [0.1, 0.15) is 65.2 Å². The number of likely N-dealkylation sites (tertiary alicyclic amines) is 1. The molecule has 0 aromatic heterocycles. The smallest absolute Gasteiger partial charge is 0.191 e. The van der Waals surface area contributed by atoms with Crippen LogP contribution < -0.4 is 10.6 Å². The van der Waals surface area contributed by atoms with Gasteiger partial charge in [-0.25, -0.2) is 0 Å². The van der Waals surface area contributed by atoms with Gasteiger partial charge in [0.2, 0.25) is 0 Å². The Hall–Kier alpha value is -0.810. The van der Waals surface area contributed by atoms with Crippen LogP contribution in [0.5, 0.6) is 0 Å². The highest BCUT2D eigenvalue weighted by Crippen LogP contribution is 2.21. The van der Waals surface area contributed by atoms with E-state index < -0.39 is 0 Å². The highest BCUT2D eigenvalue weighted by atomic mass is 15.2. The minimum absolute atomic E-state index is 0.561. The molecule has 25 heavy (non-hydrogen) atoms. The van der Waals surface area contributed by atoms with Crippen molar-refractivity contribution in [3.05, 3.63) is 0 Å². The van der Waals surface area contributed by atoms with Crippen molar-refractivity contribution in [2.24, 2.45) is 4.99 Å². The fourth-order valence-electron chi connectivity index (χ4n) is 4.19. The number of nitrogens with one attached hydrogen (secondary N) is 2. The summed E-state index contributed by atoms with van der Waals surface area (Å²) in [5, 5.41) is 7.12. The van der Waals surface area contributed by atoms with E-state index in [1.807, 2.05) is 7.05 Å². The lowest BCUT2D eigenvalue weighted by Gasteiger charge is -2.35. The molecule has 5 heteroatoms. The van der Waals surface area contributed by atoms with E-state index in [0.717, 1.165) is 18.5 Å². The number of aliphatic imine (C=N–C) groups is 1. The Morgan fingerprint density at radius 3 is 2.40 bits per heavy atom. The van der Waals surface area contributed by atoms with Gasteiger partial charge < -0.3 is 20.4 Å². The van der Waals surface area contributed by atoms with Crippen molar-refractivity contribution in [1.29, 1.82) is 0 Å². The standard InChI is InChI=1S/C20H41N5/c1-17(2)25-15-11-18(12-16-25)23-20(21-3)22-13-8-14-24(4)19-9-6-5-7-10-19/h17-19H,5-16H2,1-4H3,(H2,21,22,23). The molecule has 0 amide bonds. The molecule has 1 heterocycles. The molecular weight excluding hydrogens is 310 g/mol. The number of hydrogen-bond acceptors (Lipinski definition) is 3. The maximum atomic E-state index is 4.41. The van der Waals surface area contributed by atoms with Crippen molar-refractivity contribution in [2.45, 2.75) is 83.3 Å². The lowest BCUT2D eigenvalue weighted by Crippen LogP contribution is -2.50. The second-order valence-electron chi connectivity index (χ2n) is 8.17. The molecule has 1 saturated heterocycles. The first-order valence-electron chi connectivity index (χ1n) is 10.5. The van der Waals surface area contributed by atoms with E-state index in [0.29, 0.717) is 12.1 Å². The minimum atomic E-state index is 0.561. The highest BCUT2D eigenvalue weighted by Gasteiger charge is 2.21. The van der Waals surface area contributed by atoms with Gasteiger partial charge in [0.1, 0.15) is 0 Å². The Morgan fingerprint density at radius 1 is 1.12 bits per heavy atom. The molecule has 0 aromatic carbocycles. The molecule has 0 aromatic rings. The van der Waals surface area contributed by atoms with Crippen LogP contribution in [0.15, 0.2) is 4.99 Å². The predicted molar refractivity (Wildman–Crippen MR) is 108 cm³/mol. The van der Waals surface area contributed by atoms with Crippen molar-refractivity contribution in [1.82, 2.24) is 20.4 Å². The zero-order valence-electron chi connectivity index (χ0n) is 17.1. The van der Waals surface area contributed by atoms with Crippen molar-refractivity contribution in [3.63, 3.8) is 0 Å². The van der Waals surface area contributed by atoms with Crippen LogP contribution in [-0.4, -0.2) is 74.2 Å². The summed E-state index contributed by atoms with van der Waals surface area (Å²) in [4.78, 5) is 9.54. The number of piperidine rings is 1. The predicted octanol–water partition coefficient (Wildman–Crippen LogP) is 2.68. The minimum Gasteiger partial charge on any atom is -0.356 e. The summed E-state index contributed by atoms with van der Waals surface area (Å²) < 4.78 is 0. The Bertz CT molecular complexity index is 382. The van der Waals surface area contributed by atoms with E-state index >= 15 is 0 Å². The lowest BCUT2D eigenvalue weighted by molar-refractivity contribution is 0.167. The van der Waals surface area contributed by atoms with Gasteiger partial charge in [-0.15, -0.1) is 0 Å². The molecule has 0 spiro atoms. The van der Waals surface area contributed by atoms with Crippen LogP contribution in [0.3, 0.4) is 0 Å². The highest BCUT2D eigenvalue weighted by molar-refractivity contribution is 5.79. The fourth-order valence-corrected chi connectivity index (χ4v) is 4.19. The monoisotopic (exact) mass is 351 g/mol. The Balaban J connectivity index is 1.59. The van der Waals surface area contributed by atoms with Gasteiger partial charge in [-0.05, 0) is 59.5 Å². The number of nitrogens with zero attached hydrogens (tertiary/aromatic N) is 3. The summed E-state index contributed by atoms with van der Waals surface area (Å²) in [5.74, 6) is 0.975. The SMILES string of the molecule is CN=C(NCCCN(C)C1CCCCC1)NC1CCN(C(C)C)CC1. The zero-order chi connectivity index (χ0) is 18.1. The summed E-state index contributed by atoms with van der Waals surface area (Å²) >= 11 is 0. The summed E-state index contributed by atoms with van der Waals surface area (Å²) in [5.41, 5.74) is 0. The van der Waals surface area contributed by atoms with Gasteiger partial charge >= 0.3 is 0 Å². The van der Waals surface area contributed by atoms with Gasteiger partial charge in [-0.1, -0.05) is 19.3 Å². The Labute approximate surface area is 155 Å². The summed E-state index contributed by atoms with van der Waals surface area (Å²) in [6, 6.07) is 2.04. The number of guanidine groups is 1. The van der Waals surface area contributed by atoms with Crippen LogP contribution in [0.4, 0.5) is 0 Å². The van der Waals surface area contributed by atoms with Crippen molar-refractivity contribution in [3.8, 4) is 0 Å². The van der Waals surface area contributed by atoms with Crippen molar-refractivity contribution < 1.29 is 0 Å². The fraction of sp³-hybridized carbons (Fsp3) is 0.950. The zero-order valence-corrected chi connectivity index (χ0v) is 17.1. The molecule has 0 bridgehead atoms. The van der Waals surface area contributed by atoms with Crippen LogP contribution in [0, 0.1) is 0 Å². The molecule has 1 saturated carbocycles. The number of hydrogen-bond donors (Lipinski definition) is 2. The molecule has 2 N–H and O–H groups in total. The van der Waals surface area contributed by atoms with E-state index in [4.69, 9.17) is 0 Å². The van der Waals surface area contributed by atoms with Crippen molar-refractivity contribution in [2.75, 3.05) is 40.3 Å². The first-order chi connectivity index (χ1) is 12.1. The molecule has 0 radical (unpaired) electrons. The van der Waals surface area contributed by atoms with Gasteiger partial charge in [-0.2, -0.15) is 0 Å². The van der Waals surface area contributed by atoms with E-state index in [1.54, 1.807) is 0 Å². The first kappa shape index (κ1) is 20.5. The number of rotatable bonds is 7. The van der Waals surface area contributed by atoms with Crippen LogP contribution >= 0.6 is 0 Å². The van der Waals surface area contributed by atoms with Crippen LogP contribution in [-0.2, 0) is 0 Å². The maximum absolute atomic E-state index is 4.41. The molecule has 146 valence electrons. The molecule has 0 unspecified atom stereocenters. The van der Waals surface area contributed by atoms with Gasteiger partial charge in [0.05, 0.1) is 0 Å². The van der Waals surface area contributed by atoms with Crippen LogP contribution in [0.2, 0.25) is 0 Å². The average Bonchev–Trinajstić information content (AvgIpc) is 2.65. The van der Waals surface area contributed by atoms with Gasteiger partial charge in [-0.3, -0.25) is 4.99 Å². The van der Waals surface area contributed by atoms with Gasteiger partial charge in [0.15, 0.2) is 5.96 Å². The third-order valence-electron chi connectivity index (χ3n) is 6.00. The summed E-state index contributed by atoms with van der Waals surface area (Å²) in [6.07, 6.45) is 10.7. The Morgan fingerprint density at radius 2 is 1.80 bits per heavy atom. The largest absolute Gasteiger partial charge is 0.356 e. The molecule has 1 aliphatic heterocycles. The topological polar surface area (TPSA) is 42.9 Å². The molecule has 1 aliphatic carbocycles. The normalized spacial score (nSPS) is 21.9.